The molecule has 0 radical (unpaired) electrons. The molecule has 0 N–H and O–H groups in total. The molecule has 1 unspecified atom stereocenters. The van der Waals surface area contributed by atoms with Gasteiger partial charge in [-0.1, -0.05) is 73.7 Å². The van der Waals surface area contributed by atoms with Gasteiger partial charge in [0, 0.05) is 30.2 Å². The van der Waals surface area contributed by atoms with E-state index in [-0.39, 0.29) is 17.2 Å². The first-order chi connectivity index (χ1) is 17.0. The van der Waals surface area contributed by atoms with Gasteiger partial charge in [0.05, 0.1) is 0 Å². The molecule has 0 fully saturated rings. The van der Waals surface area contributed by atoms with Gasteiger partial charge < -0.3 is 14.2 Å². The smallest absolute Gasteiger partial charge is 0.356 e. The van der Waals surface area contributed by atoms with E-state index in [9.17, 15) is 14.4 Å². The quantitative estimate of drug-likeness (QED) is 0.399. The molecule has 0 aliphatic carbocycles. The Bertz CT molecular complexity index is 1490. The van der Waals surface area contributed by atoms with Gasteiger partial charge in [0.1, 0.15) is 5.69 Å². The van der Waals surface area contributed by atoms with Crippen molar-refractivity contribution in [3.05, 3.63) is 100 Å². The van der Waals surface area contributed by atoms with Gasteiger partial charge in [0.15, 0.2) is 6.10 Å². The third-order valence-electron chi connectivity index (χ3n) is 6.61. The minimum absolute atomic E-state index is 0.132. The van der Waals surface area contributed by atoms with Crippen molar-refractivity contribution in [2.45, 2.75) is 25.9 Å². The summed E-state index contributed by atoms with van der Waals surface area (Å²) in [7, 11) is 1.57. The van der Waals surface area contributed by atoms with Crippen LogP contribution in [0.2, 0.25) is 0 Å². The molecule has 1 aromatic heterocycles. The molecule has 0 bridgehead atoms. The van der Waals surface area contributed by atoms with Crippen LogP contribution in [0.15, 0.2) is 83.7 Å². The van der Waals surface area contributed by atoms with Crippen LogP contribution in [0.1, 0.15) is 29.4 Å². The lowest BCUT2D eigenvalue weighted by molar-refractivity contribution is -0.127. The van der Waals surface area contributed by atoms with Crippen molar-refractivity contribution < 1.29 is 14.3 Å². The molecule has 1 aliphatic heterocycles. The topological polar surface area (TPSA) is 68.6 Å². The number of rotatable bonds is 5. The summed E-state index contributed by atoms with van der Waals surface area (Å²) in [6, 6.07) is 24.4. The number of ether oxygens (including phenoxy) is 1. The molecule has 176 valence electrons. The average molecular weight is 467 g/mol. The van der Waals surface area contributed by atoms with E-state index in [4.69, 9.17) is 4.74 Å². The Hall–Kier alpha value is -4.19. The van der Waals surface area contributed by atoms with Crippen LogP contribution in [0, 0.1) is 0 Å². The SMILES string of the molecule is CCC(OC(=O)c1c(-c2ccccc2)c2ccccc2c(=O)n1C)C(=O)N1CCc2ccccc21. The van der Waals surface area contributed by atoms with Crippen molar-refractivity contribution in [1.82, 2.24) is 4.57 Å². The van der Waals surface area contributed by atoms with Crippen molar-refractivity contribution in [2.24, 2.45) is 7.05 Å². The predicted molar refractivity (Wildman–Crippen MR) is 137 cm³/mol. The van der Waals surface area contributed by atoms with Crippen LogP contribution in [0.4, 0.5) is 5.69 Å². The number of nitrogens with zero attached hydrogens (tertiary/aromatic N) is 2. The third kappa shape index (κ3) is 3.91. The zero-order valence-electron chi connectivity index (χ0n) is 19.7. The molecule has 0 saturated heterocycles. The summed E-state index contributed by atoms with van der Waals surface area (Å²) >= 11 is 0. The van der Waals surface area contributed by atoms with E-state index < -0.39 is 12.1 Å². The molecule has 1 atom stereocenters. The monoisotopic (exact) mass is 466 g/mol. The Morgan fingerprint density at radius 3 is 2.31 bits per heavy atom. The lowest BCUT2D eigenvalue weighted by Gasteiger charge is -2.24. The molecular weight excluding hydrogens is 440 g/mol. The molecule has 3 aromatic carbocycles. The number of esters is 1. The lowest BCUT2D eigenvalue weighted by atomic mass is 9.96. The zero-order chi connectivity index (χ0) is 24.5. The standard InChI is InChI=1S/C29H26N2O4/c1-3-24(28(33)31-18-17-19-11-7-10-16-23(19)31)35-29(34)26-25(20-12-5-4-6-13-20)21-14-8-9-15-22(21)27(32)30(26)2/h4-16,24H,3,17-18H2,1-2H3. The summed E-state index contributed by atoms with van der Waals surface area (Å²) in [5, 5.41) is 1.18. The van der Waals surface area contributed by atoms with Gasteiger partial charge in [-0.15, -0.1) is 0 Å². The lowest BCUT2D eigenvalue weighted by Crippen LogP contribution is -2.41. The zero-order valence-corrected chi connectivity index (χ0v) is 19.7. The van der Waals surface area contributed by atoms with Gasteiger partial charge in [0.25, 0.3) is 11.5 Å². The molecule has 1 aliphatic rings. The molecule has 6 heteroatoms. The van der Waals surface area contributed by atoms with E-state index in [2.05, 4.69) is 0 Å². The van der Waals surface area contributed by atoms with Crippen molar-refractivity contribution in [1.29, 1.82) is 0 Å². The minimum Gasteiger partial charge on any atom is -0.448 e. The molecule has 5 rings (SSSR count). The number of hydrogen-bond acceptors (Lipinski definition) is 4. The first kappa shape index (κ1) is 22.6. The Morgan fingerprint density at radius 2 is 1.57 bits per heavy atom. The summed E-state index contributed by atoms with van der Waals surface area (Å²) in [5.74, 6) is -0.945. The van der Waals surface area contributed by atoms with Crippen LogP contribution in [0.3, 0.4) is 0 Å². The molecule has 0 spiro atoms. The Labute approximate surface area is 203 Å². The van der Waals surface area contributed by atoms with Crippen LogP contribution in [-0.4, -0.2) is 29.1 Å². The first-order valence-electron chi connectivity index (χ1n) is 11.8. The van der Waals surface area contributed by atoms with Gasteiger partial charge in [-0.2, -0.15) is 0 Å². The van der Waals surface area contributed by atoms with E-state index in [1.54, 1.807) is 24.1 Å². The molecule has 6 nitrogen and oxygen atoms in total. The highest BCUT2D eigenvalue weighted by molar-refractivity contribution is 6.07. The van der Waals surface area contributed by atoms with E-state index in [0.717, 1.165) is 23.2 Å². The van der Waals surface area contributed by atoms with E-state index in [1.165, 1.54) is 4.57 Å². The molecule has 35 heavy (non-hydrogen) atoms. The Balaban J connectivity index is 1.56. The van der Waals surface area contributed by atoms with Gasteiger partial charge in [-0.05, 0) is 41.5 Å². The number of hydrogen-bond donors (Lipinski definition) is 0. The molecule has 2 heterocycles. The molecule has 1 amide bonds. The highest BCUT2D eigenvalue weighted by atomic mass is 16.5. The second-order valence-electron chi connectivity index (χ2n) is 8.67. The minimum atomic E-state index is -0.959. The van der Waals surface area contributed by atoms with E-state index in [1.807, 2.05) is 73.7 Å². The summed E-state index contributed by atoms with van der Waals surface area (Å²) in [6.07, 6.45) is 0.133. The number of pyridine rings is 1. The molecule has 0 saturated carbocycles. The van der Waals surface area contributed by atoms with Crippen LogP contribution in [-0.2, 0) is 23.0 Å². The maximum Gasteiger partial charge on any atom is 0.356 e. The van der Waals surface area contributed by atoms with Crippen LogP contribution >= 0.6 is 0 Å². The summed E-state index contributed by atoms with van der Waals surface area (Å²) < 4.78 is 7.16. The highest BCUT2D eigenvalue weighted by Gasteiger charge is 2.33. The largest absolute Gasteiger partial charge is 0.448 e. The predicted octanol–water partition coefficient (Wildman–Crippen LogP) is 4.73. The molecule has 4 aromatic rings. The summed E-state index contributed by atoms with van der Waals surface area (Å²) in [4.78, 5) is 41.9. The number of para-hydroxylation sites is 1. The van der Waals surface area contributed by atoms with Crippen LogP contribution < -0.4 is 10.5 Å². The van der Waals surface area contributed by atoms with Crippen molar-refractivity contribution in [3.63, 3.8) is 0 Å². The van der Waals surface area contributed by atoms with Gasteiger partial charge in [-0.25, -0.2) is 4.79 Å². The summed E-state index contributed by atoms with van der Waals surface area (Å²) in [5.41, 5.74) is 3.20. The molecular formula is C29H26N2O4. The maximum atomic E-state index is 13.6. The number of fused-ring (bicyclic) bond motifs is 2. The second kappa shape index (κ2) is 9.22. The number of aromatic nitrogens is 1. The number of anilines is 1. The Kier molecular flexibility index (Phi) is 5.95. The van der Waals surface area contributed by atoms with Crippen LogP contribution in [0.5, 0.6) is 0 Å². The van der Waals surface area contributed by atoms with E-state index >= 15 is 0 Å². The van der Waals surface area contributed by atoms with Gasteiger partial charge in [0.2, 0.25) is 0 Å². The number of carbonyl (C=O) groups excluding carboxylic acids is 2. The average Bonchev–Trinajstić information content (AvgIpc) is 3.33. The maximum absolute atomic E-state index is 13.6. The fourth-order valence-electron chi connectivity index (χ4n) is 4.84. The van der Waals surface area contributed by atoms with Gasteiger partial charge in [-0.3, -0.25) is 9.59 Å². The normalized spacial score (nSPS) is 13.5. The first-order valence-corrected chi connectivity index (χ1v) is 11.8. The van der Waals surface area contributed by atoms with E-state index in [0.29, 0.717) is 29.3 Å². The van der Waals surface area contributed by atoms with Crippen LogP contribution in [0.25, 0.3) is 21.9 Å². The Morgan fingerprint density at radius 1 is 0.914 bits per heavy atom. The number of carbonyl (C=O) groups is 2. The third-order valence-corrected chi connectivity index (χ3v) is 6.61. The van der Waals surface area contributed by atoms with Gasteiger partial charge >= 0.3 is 5.97 Å². The van der Waals surface area contributed by atoms with Crippen molar-refractivity contribution >= 4 is 28.3 Å². The highest BCUT2D eigenvalue weighted by Crippen LogP contribution is 2.32. The van der Waals surface area contributed by atoms with Crippen molar-refractivity contribution in [2.75, 3.05) is 11.4 Å². The fraction of sp³-hybridized carbons (Fsp3) is 0.207. The fourth-order valence-corrected chi connectivity index (χ4v) is 4.84. The number of benzene rings is 3. The number of amides is 1. The van der Waals surface area contributed by atoms with Crippen molar-refractivity contribution in [3.8, 4) is 11.1 Å². The second-order valence-corrected chi connectivity index (χ2v) is 8.67. The summed E-state index contributed by atoms with van der Waals surface area (Å²) in [6.45, 7) is 2.37.